The molecule has 134 valence electrons. The highest BCUT2D eigenvalue weighted by Crippen LogP contribution is 2.35. The molecule has 1 heterocycles. The van der Waals surface area contributed by atoms with Gasteiger partial charge in [0.05, 0.1) is 16.8 Å². The van der Waals surface area contributed by atoms with E-state index in [9.17, 15) is 9.59 Å². The van der Waals surface area contributed by atoms with Crippen LogP contribution in [0.15, 0.2) is 60.7 Å². The molecule has 0 aromatic heterocycles. The molecule has 0 radical (unpaired) electrons. The Hall–Kier alpha value is -3.40. The number of amides is 2. The van der Waals surface area contributed by atoms with E-state index in [1.54, 1.807) is 18.2 Å². The van der Waals surface area contributed by atoms with Crippen molar-refractivity contribution in [3.63, 3.8) is 0 Å². The Kier molecular flexibility index (Phi) is 4.04. The first-order chi connectivity index (χ1) is 13.0. The number of rotatable bonds is 3. The fourth-order valence-electron chi connectivity index (χ4n) is 3.39. The minimum atomic E-state index is -0.318. The molecule has 4 rings (SSSR count). The molecule has 1 aliphatic heterocycles. The lowest BCUT2D eigenvalue weighted by molar-refractivity contribution is 0.0925. The van der Waals surface area contributed by atoms with Gasteiger partial charge in [-0.3, -0.25) is 9.59 Å². The van der Waals surface area contributed by atoms with Crippen molar-refractivity contribution >= 4 is 17.5 Å². The van der Waals surface area contributed by atoms with E-state index in [0.29, 0.717) is 28.3 Å². The van der Waals surface area contributed by atoms with E-state index in [1.165, 1.54) is 4.90 Å². The Morgan fingerprint density at radius 1 is 0.704 bits per heavy atom. The standard InChI is InChI=1S/C23H19NO3/c1-14-7-9-17(10-8-14)27-18-11-12-19-20(13-18)23(26)24(22(19)25)21-15(2)5-4-6-16(21)3/h4-13H,1-3H3. The van der Waals surface area contributed by atoms with E-state index < -0.39 is 0 Å². The Balaban J connectivity index is 1.70. The van der Waals surface area contributed by atoms with E-state index in [-0.39, 0.29) is 11.8 Å². The van der Waals surface area contributed by atoms with Crippen LogP contribution in [-0.4, -0.2) is 11.8 Å². The van der Waals surface area contributed by atoms with Crippen LogP contribution in [-0.2, 0) is 0 Å². The van der Waals surface area contributed by atoms with Crippen molar-refractivity contribution in [1.29, 1.82) is 0 Å². The number of carbonyl (C=O) groups excluding carboxylic acids is 2. The zero-order valence-corrected chi connectivity index (χ0v) is 15.4. The summed E-state index contributed by atoms with van der Waals surface area (Å²) in [7, 11) is 0. The maximum absolute atomic E-state index is 13.0. The molecule has 4 heteroatoms. The van der Waals surface area contributed by atoms with Crippen molar-refractivity contribution in [1.82, 2.24) is 0 Å². The van der Waals surface area contributed by atoms with Gasteiger partial charge in [-0.25, -0.2) is 4.90 Å². The number of nitrogens with zero attached hydrogens (tertiary/aromatic N) is 1. The van der Waals surface area contributed by atoms with Gasteiger partial charge in [0.25, 0.3) is 11.8 Å². The smallest absolute Gasteiger partial charge is 0.266 e. The molecule has 27 heavy (non-hydrogen) atoms. The van der Waals surface area contributed by atoms with E-state index in [2.05, 4.69) is 0 Å². The second kappa shape index (κ2) is 6.40. The van der Waals surface area contributed by atoms with Gasteiger partial charge >= 0.3 is 0 Å². The summed E-state index contributed by atoms with van der Waals surface area (Å²) in [6, 6.07) is 18.4. The summed E-state index contributed by atoms with van der Waals surface area (Å²) in [5.74, 6) is 0.599. The van der Waals surface area contributed by atoms with Gasteiger partial charge in [-0.05, 0) is 62.2 Å². The molecule has 1 aliphatic rings. The van der Waals surface area contributed by atoms with Crippen LogP contribution in [0.4, 0.5) is 5.69 Å². The maximum atomic E-state index is 13.0. The van der Waals surface area contributed by atoms with Crippen LogP contribution < -0.4 is 9.64 Å². The molecular weight excluding hydrogens is 338 g/mol. The number of benzene rings is 3. The summed E-state index contributed by atoms with van der Waals surface area (Å²) in [6.45, 7) is 5.81. The molecule has 0 fully saturated rings. The highest BCUT2D eigenvalue weighted by molar-refractivity contribution is 6.35. The molecule has 2 amide bonds. The summed E-state index contributed by atoms with van der Waals surface area (Å²) in [5.41, 5.74) is 4.35. The van der Waals surface area contributed by atoms with Crippen molar-refractivity contribution in [3.05, 3.63) is 88.5 Å². The average Bonchev–Trinajstić information content (AvgIpc) is 2.88. The van der Waals surface area contributed by atoms with Crippen molar-refractivity contribution in [2.45, 2.75) is 20.8 Å². The zero-order valence-electron chi connectivity index (χ0n) is 15.4. The predicted octanol–water partition coefficient (Wildman–Crippen LogP) is 5.20. The highest BCUT2D eigenvalue weighted by Gasteiger charge is 2.38. The van der Waals surface area contributed by atoms with Gasteiger partial charge in [0.15, 0.2) is 0 Å². The lowest BCUT2D eigenvalue weighted by Gasteiger charge is -2.19. The quantitative estimate of drug-likeness (QED) is 0.605. The zero-order chi connectivity index (χ0) is 19.1. The summed E-state index contributed by atoms with van der Waals surface area (Å²) < 4.78 is 5.85. The number of imide groups is 1. The Morgan fingerprint density at radius 2 is 1.30 bits per heavy atom. The third-order valence-corrected chi connectivity index (χ3v) is 4.78. The second-order valence-electron chi connectivity index (χ2n) is 6.81. The third kappa shape index (κ3) is 2.89. The third-order valence-electron chi connectivity index (χ3n) is 4.78. The van der Waals surface area contributed by atoms with Gasteiger partial charge in [-0.1, -0.05) is 35.9 Å². The molecule has 3 aromatic carbocycles. The lowest BCUT2D eigenvalue weighted by atomic mass is 10.1. The molecule has 0 bridgehead atoms. The highest BCUT2D eigenvalue weighted by atomic mass is 16.5. The maximum Gasteiger partial charge on any atom is 0.266 e. The molecular formula is C23H19NO3. The normalized spacial score (nSPS) is 13.1. The van der Waals surface area contributed by atoms with E-state index in [1.807, 2.05) is 63.2 Å². The van der Waals surface area contributed by atoms with Crippen LogP contribution in [0.3, 0.4) is 0 Å². The van der Waals surface area contributed by atoms with Crippen LogP contribution >= 0.6 is 0 Å². The summed E-state index contributed by atoms with van der Waals surface area (Å²) >= 11 is 0. The Bertz CT molecular complexity index is 1050. The van der Waals surface area contributed by atoms with E-state index in [4.69, 9.17) is 4.74 Å². The van der Waals surface area contributed by atoms with Crippen molar-refractivity contribution in [2.24, 2.45) is 0 Å². The number of ether oxygens (including phenoxy) is 1. The molecule has 3 aromatic rings. The topological polar surface area (TPSA) is 46.6 Å². The average molecular weight is 357 g/mol. The summed E-state index contributed by atoms with van der Waals surface area (Å²) in [6.07, 6.45) is 0. The first kappa shape index (κ1) is 17.0. The van der Waals surface area contributed by atoms with E-state index >= 15 is 0 Å². The van der Waals surface area contributed by atoms with Gasteiger partial charge in [-0.15, -0.1) is 0 Å². The minimum Gasteiger partial charge on any atom is -0.457 e. The lowest BCUT2D eigenvalue weighted by Crippen LogP contribution is -2.30. The number of aryl methyl sites for hydroxylation is 3. The van der Waals surface area contributed by atoms with Gasteiger partial charge in [0, 0.05) is 0 Å². The molecule has 0 saturated heterocycles. The largest absolute Gasteiger partial charge is 0.457 e. The van der Waals surface area contributed by atoms with Crippen LogP contribution in [0.2, 0.25) is 0 Å². The number of para-hydroxylation sites is 1. The van der Waals surface area contributed by atoms with E-state index in [0.717, 1.165) is 16.7 Å². The van der Waals surface area contributed by atoms with Crippen LogP contribution in [0.5, 0.6) is 11.5 Å². The summed E-state index contributed by atoms with van der Waals surface area (Å²) in [4.78, 5) is 27.2. The molecule has 0 saturated carbocycles. The molecule has 0 N–H and O–H groups in total. The number of hydrogen-bond donors (Lipinski definition) is 0. The first-order valence-corrected chi connectivity index (χ1v) is 8.79. The molecule has 0 spiro atoms. The monoisotopic (exact) mass is 357 g/mol. The molecule has 0 unspecified atom stereocenters. The molecule has 0 atom stereocenters. The van der Waals surface area contributed by atoms with Gasteiger partial charge < -0.3 is 4.74 Å². The number of fused-ring (bicyclic) bond motifs is 1. The summed E-state index contributed by atoms with van der Waals surface area (Å²) in [5, 5.41) is 0. The van der Waals surface area contributed by atoms with Crippen molar-refractivity contribution in [3.8, 4) is 11.5 Å². The SMILES string of the molecule is Cc1ccc(Oc2ccc3c(c2)C(=O)N(c2c(C)cccc2C)C3=O)cc1. The fourth-order valence-corrected chi connectivity index (χ4v) is 3.39. The molecule has 0 aliphatic carbocycles. The van der Waals surface area contributed by atoms with Crippen LogP contribution in [0.1, 0.15) is 37.4 Å². The Morgan fingerprint density at radius 3 is 1.96 bits per heavy atom. The van der Waals surface area contributed by atoms with Crippen LogP contribution in [0, 0.1) is 20.8 Å². The Labute approximate surface area is 158 Å². The number of carbonyl (C=O) groups is 2. The fraction of sp³-hybridized carbons (Fsp3) is 0.130. The predicted molar refractivity (Wildman–Crippen MR) is 105 cm³/mol. The second-order valence-corrected chi connectivity index (χ2v) is 6.81. The number of hydrogen-bond acceptors (Lipinski definition) is 3. The van der Waals surface area contributed by atoms with Crippen LogP contribution in [0.25, 0.3) is 0 Å². The first-order valence-electron chi connectivity index (χ1n) is 8.79. The van der Waals surface area contributed by atoms with Gasteiger partial charge in [0.2, 0.25) is 0 Å². The number of anilines is 1. The van der Waals surface area contributed by atoms with Crippen molar-refractivity contribution < 1.29 is 14.3 Å². The van der Waals surface area contributed by atoms with Gasteiger partial charge in [-0.2, -0.15) is 0 Å². The van der Waals surface area contributed by atoms with Gasteiger partial charge in [0.1, 0.15) is 11.5 Å². The van der Waals surface area contributed by atoms with Crippen molar-refractivity contribution in [2.75, 3.05) is 4.90 Å². The molecule has 4 nitrogen and oxygen atoms in total. The minimum absolute atomic E-state index is 0.297.